The van der Waals surface area contributed by atoms with Crippen molar-refractivity contribution >= 4 is 38.0 Å². The number of hydrogen-bond acceptors (Lipinski definition) is 3. The first-order chi connectivity index (χ1) is 9.48. The van der Waals surface area contributed by atoms with Crippen LogP contribution in [0.5, 0.6) is 0 Å². The SMILES string of the molecule is Nc1cccc(S(=O)(=O)c2c[nH]c3cc(Cl)ccc23)c1. The van der Waals surface area contributed by atoms with Crippen molar-refractivity contribution < 1.29 is 8.42 Å². The second-order valence-corrected chi connectivity index (χ2v) is 6.77. The number of rotatable bonds is 2. The molecule has 2 aromatic carbocycles. The number of anilines is 1. The molecule has 0 bridgehead atoms. The maximum atomic E-state index is 12.6. The van der Waals surface area contributed by atoms with Gasteiger partial charge < -0.3 is 10.7 Å². The van der Waals surface area contributed by atoms with E-state index in [-0.39, 0.29) is 9.79 Å². The molecule has 0 radical (unpaired) electrons. The number of sulfone groups is 1. The molecule has 3 rings (SSSR count). The van der Waals surface area contributed by atoms with Gasteiger partial charge in [-0.3, -0.25) is 0 Å². The summed E-state index contributed by atoms with van der Waals surface area (Å²) in [6, 6.07) is 11.3. The highest BCUT2D eigenvalue weighted by Gasteiger charge is 2.21. The van der Waals surface area contributed by atoms with Crippen LogP contribution in [-0.4, -0.2) is 13.4 Å². The van der Waals surface area contributed by atoms with Gasteiger partial charge in [0, 0.05) is 27.8 Å². The summed E-state index contributed by atoms with van der Waals surface area (Å²) in [5, 5.41) is 1.16. The second-order valence-electron chi connectivity index (χ2n) is 4.42. The highest BCUT2D eigenvalue weighted by Crippen LogP contribution is 2.30. The molecule has 1 aromatic heterocycles. The second kappa shape index (κ2) is 4.54. The molecule has 0 saturated carbocycles. The van der Waals surface area contributed by atoms with E-state index in [4.69, 9.17) is 17.3 Å². The minimum absolute atomic E-state index is 0.174. The summed E-state index contributed by atoms with van der Waals surface area (Å²) < 4.78 is 25.3. The van der Waals surface area contributed by atoms with Crippen LogP contribution in [0.15, 0.2) is 58.5 Å². The standard InChI is InChI=1S/C14H11ClN2O2S/c15-9-4-5-12-13(6-9)17-8-14(12)20(18,19)11-3-1-2-10(16)7-11/h1-8,17H,16H2. The van der Waals surface area contributed by atoms with Crippen LogP contribution in [0.2, 0.25) is 5.02 Å². The molecule has 0 aliphatic rings. The quantitative estimate of drug-likeness (QED) is 0.714. The number of fused-ring (bicyclic) bond motifs is 1. The van der Waals surface area contributed by atoms with Crippen molar-refractivity contribution in [2.45, 2.75) is 9.79 Å². The van der Waals surface area contributed by atoms with Gasteiger partial charge in [0.05, 0.1) is 9.79 Å². The topological polar surface area (TPSA) is 76.0 Å². The lowest BCUT2D eigenvalue weighted by atomic mass is 10.2. The Balaban J connectivity index is 2.24. The first-order valence-electron chi connectivity index (χ1n) is 5.86. The fourth-order valence-electron chi connectivity index (χ4n) is 2.10. The smallest absolute Gasteiger partial charge is 0.208 e. The minimum atomic E-state index is -3.61. The van der Waals surface area contributed by atoms with Crippen molar-refractivity contribution in [2.24, 2.45) is 0 Å². The van der Waals surface area contributed by atoms with Crippen molar-refractivity contribution in [1.29, 1.82) is 0 Å². The Hall–Kier alpha value is -1.98. The van der Waals surface area contributed by atoms with Gasteiger partial charge >= 0.3 is 0 Å². The lowest BCUT2D eigenvalue weighted by Crippen LogP contribution is -2.01. The molecular weight excluding hydrogens is 296 g/mol. The van der Waals surface area contributed by atoms with Gasteiger partial charge in [-0.2, -0.15) is 0 Å². The van der Waals surface area contributed by atoms with Crippen LogP contribution in [0.1, 0.15) is 0 Å². The molecule has 0 atom stereocenters. The molecule has 3 N–H and O–H groups in total. The van der Waals surface area contributed by atoms with Crippen LogP contribution in [0.25, 0.3) is 10.9 Å². The third-order valence-electron chi connectivity index (χ3n) is 3.06. The Bertz CT molecular complexity index is 900. The number of nitrogen functional groups attached to an aromatic ring is 1. The number of nitrogens with one attached hydrogen (secondary N) is 1. The molecular formula is C14H11ClN2O2S. The van der Waals surface area contributed by atoms with E-state index in [0.29, 0.717) is 21.6 Å². The van der Waals surface area contributed by atoms with Crippen LogP contribution in [-0.2, 0) is 9.84 Å². The summed E-state index contributed by atoms with van der Waals surface area (Å²) in [6.45, 7) is 0. The Kier molecular flexibility index (Phi) is 2.96. The zero-order valence-corrected chi connectivity index (χ0v) is 11.9. The summed E-state index contributed by atoms with van der Waals surface area (Å²) in [5.74, 6) is 0. The van der Waals surface area contributed by atoms with E-state index in [1.165, 1.54) is 18.3 Å². The summed E-state index contributed by atoms with van der Waals surface area (Å²) in [5.41, 5.74) is 6.74. The monoisotopic (exact) mass is 306 g/mol. The van der Waals surface area contributed by atoms with E-state index in [1.54, 1.807) is 30.3 Å². The lowest BCUT2D eigenvalue weighted by molar-refractivity contribution is 0.597. The minimum Gasteiger partial charge on any atom is -0.399 e. The molecule has 0 saturated heterocycles. The molecule has 0 fully saturated rings. The fraction of sp³-hybridized carbons (Fsp3) is 0. The largest absolute Gasteiger partial charge is 0.399 e. The van der Waals surface area contributed by atoms with Gasteiger partial charge in [-0.05, 0) is 30.3 Å². The number of nitrogens with two attached hydrogens (primary N) is 1. The van der Waals surface area contributed by atoms with Gasteiger partial charge in [0.15, 0.2) is 0 Å². The van der Waals surface area contributed by atoms with Gasteiger partial charge in [-0.15, -0.1) is 0 Å². The fourth-order valence-corrected chi connectivity index (χ4v) is 3.76. The van der Waals surface area contributed by atoms with E-state index >= 15 is 0 Å². The highest BCUT2D eigenvalue weighted by molar-refractivity contribution is 7.91. The van der Waals surface area contributed by atoms with Crippen molar-refractivity contribution in [3.63, 3.8) is 0 Å². The molecule has 0 spiro atoms. The predicted molar refractivity (Wildman–Crippen MR) is 79.6 cm³/mol. The summed E-state index contributed by atoms with van der Waals surface area (Å²) in [6.07, 6.45) is 1.47. The van der Waals surface area contributed by atoms with Gasteiger partial charge in [0.1, 0.15) is 0 Å². The van der Waals surface area contributed by atoms with Gasteiger partial charge in [-0.25, -0.2) is 8.42 Å². The normalized spacial score (nSPS) is 11.8. The van der Waals surface area contributed by atoms with E-state index in [2.05, 4.69) is 4.98 Å². The summed E-state index contributed by atoms with van der Waals surface area (Å²) >= 11 is 5.89. The van der Waals surface area contributed by atoms with E-state index in [0.717, 1.165) is 0 Å². The van der Waals surface area contributed by atoms with E-state index < -0.39 is 9.84 Å². The molecule has 102 valence electrons. The van der Waals surface area contributed by atoms with E-state index in [1.807, 2.05) is 0 Å². The Morgan fingerprint density at radius 3 is 2.65 bits per heavy atom. The summed E-state index contributed by atoms with van der Waals surface area (Å²) in [7, 11) is -3.61. The van der Waals surface area contributed by atoms with Crippen molar-refractivity contribution in [1.82, 2.24) is 4.98 Å². The molecule has 4 nitrogen and oxygen atoms in total. The Labute approximate surface area is 121 Å². The van der Waals surface area contributed by atoms with Crippen LogP contribution >= 0.6 is 11.6 Å². The van der Waals surface area contributed by atoms with E-state index in [9.17, 15) is 8.42 Å². The van der Waals surface area contributed by atoms with Crippen LogP contribution in [0.3, 0.4) is 0 Å². The van der Waals surface area contributed by atoms with Crippen molar-refractivity contribution in [3.05, 3.63) is 53.7 Å². The van der Waals surface area contributed by atoms with Gasteiger partial charge in [-0.1, -0.05) is 23.7 Å². The molecule has 0 aliphatic heterocycles. The number of H-pyrrole nitrogens is 1. The number of benzene rings is 2. The molecule has 0 amide bonds. The molecule has 6 heteroatoms. The average molecular weight is 307 g/mol. The van der Waals surface area contributed by atoms with Gasteiger partial charge in [0.2, 0.25) is 9.84 Å². The maximum Gasteiger partial charge on any atom is 0.208 e. The number of halogens is 1. The first kappa shape index (κ1) is 13.0. The third-order valence-corrected chi connectivity index (χ3v) is 5.09. The molecule has 3 aromatic rings. The maximum absolute atomic E-state index is 12.6. The zero-order chi connectivity index (χ0) is 14.3. The number of aromatic amines is 1. The van der Waals surface area contributed by atoms with Crippen molar-refractivity contribution in [2.75, 3.05) is 5.73 Å². The lowest BCUT2D eigenvalue weighted by Gasteiger charge is -2.04. The molecule has 1 heterocycles. The number of hydrogen-bond donors (Lipinski definition) is 2. The van der Waals surface area contributed by atoms with Gasteiger partial charge in [0.25, 0.3) is 0 Å². The first-order valence-corrected chi connectivity index (χ1v) is 7.72. The molecule has 20 heavy (non-hydrogen) atoms. The van der Waals surface area contributed by atoms with Crippen molar-refractivity contribution in [3.8, 4) is 0 Å². The average Bonchev–Trinajstić information content (AvgIpc) is 2.82. The highest BCUT2D eigenvalue weighted by atomic mass is 35.5. The molecule has 0 unspecified atom stereocenters. The van der Waals surface area contributed by atoms with Crippen LogP contribution in [0, 0.1) is 0 Å². The Morgan fingerprint density at radius 2 is 1.90 bits per heavy atom. The number of aromatic nitrogens is 1. The Morgan fingerprint density at radius 1 is 1.10 bits per heavy atom. The van der Waals surface area contributed by atoms with Crippen LogP contribution < -0.4 is 5.73 Å². The zero-order valence-electron chi connectivity index (χ0n) is 10.3. The van der Waals surface area contributed by atoms with Crippen LogP contribution in [0.4, 0.5) is 5.69 Å². The predicted octanol–water partition coefficient (Wildman–Crippen LogP) is 3.24. The molecule has 0 aliphatic carbocycles. The third kappa shape index (κ3) is 2.05. The summed E-state index contributed by atoms with van der Waals surface area (Å²) in [4.78, 5) is 3.32.